The van der Waals surface area contributed by atoms with Gasteiger partial charge in [-0.25, -0.2) is 0 Å². The number of cyclic esters (lactones) is 1. The normalized spacial score (nSPS) is 43.0. The number of benzene rings is 1. The van der Waals surface area contributed by atoms with Crippen LogP contribution in [0.4, 0.5) is 0 Å². The molecular weight excluding hydrogens is 300 g/mol. The lowest BCUT2D eigenvalue weighted by Crippen LogP contribution is -2.39. The molecule has 0 aromatic heterocycles. The van der Waals surface area contributed by atoms with E-state index in [0.29, 0.717) is 12.0 Å². The van der Waals surface area contributed by atoms with Gasteiger partial charge in [-0.05, 0) is 30.9 Å². The molecule has 0 amide bonds. The monoisotopic (exact) mass is 314 g/mol. The van der Waals surface area contributed by atoms with Crippen LogP contribution in [0.2, 0.25) is 0 Å². The Bertz CT molecular complexity index is 754. The molecule has 3 heterocycles. The van der Waals surface area contributed by atoms with Crippen LogP contribution in [0.15, 0.2) is 41.3 Å². The number of thioether (sulfide) groups is 1. The summed E-state index contributed by atoms with van der Waals surface area (Å²) in [6.45, 7) is 0.235. The number of carbonyl (C=O) groups excluding carboxylic acids is 2. The van der Waals surface area contributed by atoms with Gasteiger partial charge in [-0.2, -0.15) is 0 Å². The minimum absolute atomic E-state index is 0.00947. The van der Waals surface area contributed by atoms with E-state index < -0.39 is 16.4 Å². The summed E-state index contributed by atoms with van der Waals surface area (Å²) in [4.78, 5) is 26.6. The zero-order chi connectivity index (χ0) is 15.2. The van der Waals surface area contributed by atoms with Crippen LogP contribution in [0.1, 0.15) is 16.8 Å². The van der Waals surface area contributed by atoms with Crippen molar-refractivity contribution in [2.24, 2.45) is 10.8 Å². The summed E-state index contributed by atoms with van der Waals surface area (Å²) in [5.74, 6) is -0.260. The molecule has 112 valence electrons. The van der Waals surface area contributed by atoms with E-state index in [1.165, 1.54) is 0 Å². The number of hydrogen-bond donors (Lipinski definition) is 0. The van der Waals surface area contributed by atoms with E-state index in [2.05, 4.69) is 0 Å². The van der Waals surface area contributed by atoms with Gasteiger partial charge >= 0.3 is 5.97 Å². The molecule has 1 aliphatic carbocycles. The van der Waals surface area contributed by atoms with Crippen LogP contribution in [-0.2, 0) is 14.3 Å². The third kappa shape index (κ3) is 1.09. The highest BCUT2D eigenvalue weighted by molar-refractivity contribution is 7.98. The Morgan fingerprint density at radius 2 is 2.09 bits per heavy atom. The van der Waals surface area contributed by atoms with Crippen LogP contribution in [-0.4, -0.2) is 36.3 Å². The molecule has 1 saturated carbocycles. The molecule has 4 nitrogen and oxygen atoms in total. The number of ketones is 1. The number of fused-ring (bicyclic) bond motifs is 2. The van der Waals surface area contributed by atoms with Gasteiger partial charge in [0.15, 0.2) is 5.78 Å². The highest BCUT2D eigenvalue weighted by Gasteiger charge is 2.94. The molecule has 2 bridgehead atoms. The molecule has 0 unspecified atom stereocenters. The Kier molecular flexibility index (Phi) is 2.15. The zero-order valence-electron chi connectivity index (χ0n) is 12.0. The Morgan fingerprint density at radius 3 is 2.82 bits per heavy atom. The number of hydrogen-bond acceptors (Lipinski definition) is 5. The van der Waals surface area contributed by atoms with E-state index in [1.54, 1.807) is 11.8 Å². The lowest BCUT2D eigenvalue weighted by atomic mass is 9.74. The maximum absolute atomic E-state index is 13.2. The van der Waals surface area contributed by atoms with Gasteiger partial charge < -0.3 is 9.47 Å². The summed E-state index contributed by atoms with van der Waals surface area (Å²) in [7, 11) is 0. The predicted molar refractivity (Wildman–Crippen MR) is 79.7 cm³/mol. The molecule has 4 aliphatic rings. The standard InChI is InChI=1S/C17H14O4S/c1-22-11-4-2-10(3-5-11)13(18)16-8-17(16)14(19)20-9-15(17)7-6-12(16)21-15/h2-7,12H,8-9H2,1H3/t12-,15-,16+,17+/m1/s1. The fraction of sp³-hybridized carbons (Fsp3) is 0.412. The van der Waals surface area contributed by atoms with E-state index in [-0.39, 0.29) is 24.5 Å². The van der Waals surface area contributed by atoms with E-state index in [0.717, 1.165) is 4.90 Å². The smallest absolute Gasteiger partial charge is 0.316 e. The van der Waals surface area contributed by atoms with Gasteiger partial charge in [-0.15, -0.1) is 11.8 Å². The van der Waals surface area contributed by atoms with Crippen molar-refractivity contribution in [3.05, 3.63) is 42.0 Å². The van der Waals surface area contributed by atoms with Crippen molar-refractivity contribution in [1.29, 1.82) is 0 Å². The molecule has 2 saturated heterocycles. The molecule has 5 rings (SSSR count). The number of esters is 1. The van der Waals surface area contributed by atoms with Crippen LogP contribution in [0.25, 0.3) is 0 Å². The van der Waals surface area contributed by atoms with Crippen LogP contribution in [0, 0.1) is 10.8 Å². The van der Waals surface area contributed by atoms with E-state index >= 15 is 0 Å². The first-order chi connectivity index (χ1) is 10.6. The van der Waals surface area contributed by atoms with E-state index in [1.807, 2.05) is 42.7 Å². The van der Waals surface area contributed by atoms with Gasteiger partial charge in [-0.3, -0.25) is 9.59 Å². The van der Waals surface area contributed by atoms with Crippen molar-refractivity contribution < 1.29 is 19.1 Å². The summed E-state index contributed by atoms with van der Waals surface area (Å²) in [5, 5.41) is 0. The topological polar surface area (TPSA) is 52.6 Å². The second-order valence-corrected chi connectivity index (χ2v) is 7.35. The minimum Gasteiger partial charge on any atom is -0.462 e. The summed E-state index contributed by atoms with van der Waals surface area (Å²) >= 11 is 1.64. The van der Waals surface area contributed by atoms with Gasteiger partial charge in [-0.1, -0.05) is 18.2 Å². The van der Waals surface area contributed by atoms with Crippen molar-refractivity contribution in [3.63, 3.8) is 0 Å². The zero-order valence-corrected chi connectivity index (χ0v) is 12.8. The highest BCUT2D eigenvalue weighted by Crippen LogP contribution is 2.82. The van der Waals surface area contributed by atoms with Crippen molar-refractivity contribution >= 4 is 23.5 Å². The van der Waals surface area contributed by atoms with Crippen molar-refractivity contribution in [2.45, 2.75) is 23.0 Å². The molecule has 0 radical (unpaired) electrons. The van der Waals surface area contributed by atoms with Crippen LogP contribution in [0.5, 0.6) is 0 Å². The summed E-state index contributed by atoms with van der Waals surface area (Å²) in [6.07, 6.45) is 6.10. The Morgan fingerprint density at radius 1 is 1.32 bits per heavy atom. The fourth-order valence-corrected chi connectivity index (χ4v) is 5.04. The minimum atomic E-state index is -0.783. The highest BCUT2D eigenvalue weighted by atomic mass is 32.2. The first-order valence-electron chi connectivity index (χ1n) is 7.33. The Labute approximate surface area is 131 Å². The van der Waals surface area contributed by atoms with Gasteiger partial charge in [0.05, 0.1) is 11.5 Å². The molecule has 1 aromatic carbocycles. The Hall–Kier alpha value is -1.59. The van der Waals surface area contributed by atoms with E-state index in [9.17, 15) is 9.59 Å². The van der Waals surface area contributed by atoms with E-state index in [4.69, 9.17) is 9.47 Å². The molecule has 22 heavy (non-hydrogen) atoms. The number of carbonyl (C=O) groups is 2. The first kappa shape index (κ1) is 12.9. The second kappa shape index (κ2) is 3.66. The average Bonchev–Trinajstić information content (AvgIpc) is 2.88. The lowest BCUT2D eigenvalue weighted by Gasteiger charge is -2.21. The second-order valence-electron chi connectivity index (χ2n) is 6.47. The molecule has 2 spiro atoms. The molecule has 1 aromatic rings. The quantitative estimate of drug-likeness (QED) is 0.371. The lowest BCUT2D eigenvalue weighted by molar-refractivity contribution is -0.143. The van der Waals surface area contributed by atoms with Gasteiger partial charge in [0.2, 0.25) is 0 Å². The summed E-state index contributed by atoms with van der Waals surface area (Å²) in [6, 6.07) is 7.57. The number of rotatable bonds is 3. The van der Waals surface area contributed by atoms with Crippen LogP contribution < -0.4 is 0 Å². The summed E-state index contributed by atoms with van der Waals surface area (Å²) < 4.78 is 11.3. The SMILES string of the molecule is CSc1ccc(C(=O)[C@@]23C[C@@]24C(=O)OC[C@]42C=C[C@H]3O2)cc1. The van der Waals surface area contributed by atoms with Crippen molar-refractivity contribution in [2.75, 3.05) is 12.9 Å². The van der Waals surface area contributed by atoms with Gasteiger partial charge in [0, 0.05) is 10.5 Å². The molecule has 5 heteroatoms. The molecule has 4 atom stereocenters. The number of Topliss-reactive ketones (excluding diaryl/α,β-unsaturated/α-hetero) is 1. The van der Waals surface area contributed by atoms with Gasteiger partial charge in [0.25, 0.3) is 0 Å². The number of ether oxygens (including phenoxy) is 2. The maximum Gasteiger partial charge on any atom is 0.316 e. The Balaban J connectivity index is 1.60. The van der Waals surface area contributed by atoms with Crippen LogP contribution >= 0.6 is 11.8 Å². The largest absolute Gasteiger partial charge is 0.462 e. The predicted octanol–water partition coefficient (Wildman–Crippen LogP) is 2.23. The van der Waals surface area contributed by atoms with Gasteiger partial charge in [0.1, 0.15) is 17.6 Å². The first-order valence-corrected chi connectivity index (χ1v) is 8.55. The molecule has 0 N–H and O–H groups in total. The fourth-order valence-electron chi connectivity index (χ4n) is 4.63. The molecule has 3 fully saturated rings. The molecular formula is C17H14O4S. The summed E-state index contributed by atoms with van der Waals surface area (Å²) in [5.41, 5.74) is -1.59. The van der Waals surface area contributed by atoms with Crippen molar-refractivity contribution in [1.82, 2.24) is 0 Å². The third-order valence-corrected chi connectivity index (χ3v) is 6.53. The van der Waals surface area contributed by atoms with Crippen LogP contribution in [0.3, 0.4) is 0 Å². The maximum atomic E-state index is 13.2. The molecule has 3 aliphatic heterocycles. The van der Waals surface area contributed by atoms with Crippen molar-refractivity contribution in [3.8, 4) is 0 Å². The third-order valence-electron chi connectivity index (χ3n) is 5.79. The average molecular weight is 314 g/mol.